The highest BCUT2D eigenvalue weighted by Gasteiger charge is 2.52. The van der Waals surface area contributed by atoms with Gasteiger partial charge in [-0.2, -0.15) is 0 Å². The van der Waals surface area contributed by atoms with E-state index in [0.29, 0.717) is 19.6 Å². The standard InChI is InChI=1S/C14H22O6/c1-10-3-4-11(5-6-15)20-14(10,13(16)17-2)9-12-18-7-8-19-12/h6,10-12H,3-5,7-9H2,1-2H3/t10-,11?,14+/m0/s1. The fourth-order valence-electron chi connectivity index (χ4n) is 2.94. The molecule has 0 aromatic carbocycles. The van der Waals surface area contributed by atoms with Gasteiger partial charge in [0.1, 0.15) is 6.29 Å². The van der Waals surface area contributed by atoms with E-state index >= 15 is 0 Å². The van der Waals surface area contributed by atoms with Gasteiger partial charge in [-0.25, -0.2) is 4.79 Å². The molecule has 20 heavy (non-hydrogen) atoms. The molecular formula is C14H22O6. The molecule has 2 saturated heterocycles. The lowest BCUT2D eigenvalue weighted by Gasteiger charge is -2.44. The number of rotatable bonds is 5. The van der Waals surface area contributed by atoms with Crippen molar-refractivity contribution in [3.63, 3.8) is 0 Å². The normalized spacial score (nSPS) is 34.9. The third-order valence-corrected chi connectivity index (χ3v) is 4.15. The Hall–Kier alpha value is -0.980. The van der Waals surface area contributed by atoms with E-state index in [1.54, 1.807) is 0 Å². The summed E-state index contributed by atoms with van der Waals surface area (Å²) < 4.78 is 21.8. The second-order valence-corrected chi connectivity index (χ2v) is 5.38. The zero-order chi connectivity index (χ0) is 14.6. The van der Waals surface area contributed by atoms with Crippen LogP contribution in [0.25, 0.3) is 0 Å². The highest BCUT2D eigenvalue weighted by atomic mass is 16.7. The molecule has 2 aliphatic rings. The van der Waals surface area contributed by atoms with Crippen molar-refractivity contribution in [3.8, 4) is 0 Å². The molecule has 3 atom stereocenters. The number of aldehydes is 1. The van der Waals surface area contributed by atoms with Gasteiger partial charge in [-0.3, -0.25) is 0 Å². The molecule has 6 nitrogen and oxygen atoms in total. The lowest BCUT2D eigenvalue weighted by atomic mass is 9.78. The maximum absolute atomic E-state index is 12.3. The van der Waals surface area contributed by atoms with Crippen molar-refractivity contribution in [2.24, 2.45) is 5.92 Å². The molecule has 2 rings (SSSR count). The number of methoxy groups -OCH3 is 1. The minimum atomic E-state index is -1.09. The maximum atomic E-state index is 12.3. The van der Waals surface area contributed by atoms with Gasteiger partial charge in [0.25, 0.3) is 0 Å². The van der Waals surface area contributed by atoms with Crippen molar-refractivity contribution in [3.05, 3.63) is 0 Å². The van der Waals surface area contributed by atoms with Crippen molar-refractivity contribution in [1.82, 2.24) is 0 Å². The highest BCUT2D eigenvalue weighted by molar-refractivity contribution is 5.80. The summed E-state index contributed by atoms with van der Waals surface area (Å²) in [5.41, 5.74) is -1.09. The predicted octanol–water partition coefficient (Wildman–Crippen LogP) is 1.07. The molecule has 0 radical (unpaired) electrons. The zero-order valence-electron chi connectivity index (χ0n) is 12.0. The van der Waals surface area contributed by atoms with Crippen LogP contribution in [0, 0.1) is 5.92 Å². The van der Waals surface area contributed by atoms with E-state index in [9.17, 15) is 9.59 Å². The Bertz CT molecular complexity index is 352. The predicted molar refractivity (Wildman–Crippen MR) is 69.0 cm³/mol. The summed E-state index contributed by atoms with van der Waals surface area (Å²) in [7, 11) is 1.35. The first-order valence-electron chi connectivity index (χ1n) is 7.05. The maximum Gasteiger partial charge on any atom is 0.338 e. The van der Waals surface area contributed by atoms with Crippen LogP contribution in [0.2, 0.25) is 0 Å². The van der Waals surface area contributed by atoms with E-state index in [-0.39, 0.29) is 18.4 Å². The molecule has 0 aromatic rings. The van der Waals surface area contributed by atoms with Gasteiger partial charge in [-0.15, -0.1) is 0 Å². The van der Waals surface area contributed by atoms with Gasteiger partial charge < -0.3 is 23.7 Å². The van der Waals surface area contributed by atoms with Crippen LogP contribution in [-0.2, 0) is 28.5 Å². The molecule has 2 fully saturated rings. The van der Waals surface area contributed by atoms with Crippen molar-refractivity contribution < 1.29 is 28.5 Å². The summed E-state index contributed by atoms with van der Waals surface area (Å²) in [5, 5.41) is 0. The van der Waals surface area contributed by atoms with E-state index in [0.717, 1.165) is 19.1 Å². The lowest BCUT2D eigenvalue weighted by molar-refractivity contribution is -0.217. The Morgan fingerprint density at radius 2 is 2.05 bits per heavy atom. The molecule has 0 N–H and O–H groups in total. The Labute approximate surface area is 118 Å². The molecule has 0 spiro atoms. The minimum absolute atomic E-state index is 0.00866. The number of hydrogen-bond donors (Lipinski definition) is 0. The van der Waals surface area contributed by atoms with Crippen LogP contribution in [0.3, 0.4) is 0 Å². The first kappa shape index (κ1) is 15.4. The Morgan fingerprint density at radius 1 is 1.35 bits per heavy atom. The average Bonchev–Trinajstić information content (AvgIpc) is 2.94. The first-order valence-corrected chi connectivity index (χ1v) is 7.05. The Morgan fingerprint density at radius 3 is 2.65 bits per heavy atom. The molecule has 2 heterocycles. The number of ether oxygens (including phenoxy) is 4. The summed E-state index contributed by atoms with van der Waals surface area (Å²) >= 11 is 0. The topological polar surface area (TPSA) is 71.1 Å². The van der Waals surface area contributed by atoms with Gasteiger partial charge in [0.2, 0.25) is 0 Å². The van der Waals surface area contributed by atoms with Gasteiger partial charge in [-0.1, -0.05) is 6.92 Å². The molecule has 0 aromatic heterocycles. The van der Waals surface area contributed by atoms with E-state index in [4.69, 9.17) is 18.9 Å². The fraction of sp³-hybridized carbons (Fsp3) is 0.857. The summed E-state index contributed by atoms with van der Waals surface area (Å²) in [6, 6.07) is 0. The molecule has 6 heteroatoms. The van der Waals surface area contributed by atoms with E-state index < -0.39 is 17.9 Å². The van der Waals surface area contributed by atoms with Crippen molar-refractivity contribution in [1.29, 1.82) is 0 Å². The summed E-state index contributed by atoms with van der Waals surface area (Å²) in [6.07, 6.45) is 2.29. The SMILES string of the molecule is COC(=O)[C@]1(CC2OCCO2)OC(CC=O)CC[C@@H]1C. The van der Waals surface area contributed by atoms with Gasteiger partial charge in [0.05, 0.1) is 26.4 Å². The van der Waals surface area contributed by atoms with Gasteiger partial charge in [0.15, 0.2) is 11.9 Å². The van der Waals surface area contributed by atoms with E-state index in [1.807, 2.05) is 6.92 Å². The quantitative estimate of drug-likeness (QED) is 0.556. The fourth-order valence-corrected chi connectivity index (χ4v) is 2.94. The smallest absolute Gasteiger partial charge is 0.338 e. The minimum Gasteiger partial charge on any atom is -0.467 e. The third-order valence-electron chi connectivity index (χ3n) is 4.15. The number of carbonyl (C=O) groups is 2. The largest absolute Gasteiger partial charge is 0.467 e. The van der Waals surface area contributed by atoms with Crippen LogP contribution in [0.15, 0.2) is 0 Å². The lowest BCUT2D eigenvalue weighted by Crippen LogP contribution is -2.55. The van der Waals surface area contributed by atoms with Crippen LogP contribution in [0.5, 0.6) is 0 Å². The molecular weight excluding hydrogens is 264 g/mol. The number of hydrogen-bond acceptors (Lipinski definition) is 6. The monoisotopic (exact) mass is 286 g/mol. The number of carbonyl (C=O) groups excluding carboxylic acids is 2. The van der Waals surface area contributed by atoms with Crippen LogP contribution >= 0.6 is 0 Å². The van der Waals surface area contributed by atoms with E-state index in [2.05, 4.69) is 0 Å². The van der Waals surface area contributed by atoms with Gasteiger partial charge in [0, 0.05) is 12.8 Å². The Kier molecular flexibility index (Phi) is 5.12. The van der Waals surface area contributed by atoms with Crippen LogP contribution in [0.4, 0.5) is 0 Å². The van der Waals surface area contributed by atoms with Crippen LogP contribution in [-0.4, -0.2) is 50.6 Å². The second kappa shape index (κ2) is 6.65. The molecule has 2 aliphatic heterocycles. The molecule has 1 unspecified atom stereocenters. The van der Waals surface area contributed by atoms with Gasteiger partial charge in [-0.05, 0) is 18.8 Å². The molecule has 0 bridgehead atoms. The van der Waals surface area contributed by atoms with Crippen molar-refractivity contribution in [2.75, 3.05) is 20.3 Å². The first-order chi connectivity index (χ1) is 9.62. The molecule has 0 saturated carbocycles. The Balaban J connectivity index is 2.18. The van der Waals surface area contributed by atoms with Crippen LogP contribution in [0.1, 0.15) is 32.6 Å². The molecule has 0 aliphatic carbocycles. The van der Waals surface area contributed by atoms with Crippen LogP contribution < -0.4 is 0 Å². The summed E-state index contributed by atoms with van der Waals surface area (Å²) in [5.74, 6) is -0.426. The van der Waals surface area contributed by atoms with Gasteiger partial charge >= 0.3 is 5.97 Å². The van der Waals surface area contributed by atoms with Crippen molar-refractivity contribution in [2.45, 2.75) is 50.6 Å². The number of esters is 1. The zero-order valence-corrected chi connectivity index (χ0v) is 12.0. The molecule has 0 amide bonds. The van der Waals surface area contributed by atoms with E-state index in [1.165, 1.54) is 7.11 Å². The second-order valence-electron chi connectivity index (χ2n) is 5.38. The average molecular weight is 286 g/mol. The van der Waals surface area contributed by atoms with Crippen molar-refractivity contribution >= 4 is 12.3 Å². The third kappa shape index (κ3) is 3.02. The molecule has 114 valence electrons. The highest BCUT2D eigenvalue weighted by Crippen LogP contribution is 2.40. The summed E-state index contributed by atoms with van der Waals surface area (Å²) in [4.78, 5) is 23.0. The summed E-state index contributed by atoms with van der Waals surface area (Å²) in [6.45, 7) is 3.01.